The lowest BCUT2D eigenvalue weighted by Gasteiger charge is -2.26. The summed E-state index contributed by atoms with van der Waals surface area (Å²) in [6, 6.07) is 1.85. The van der Waals surface area contributed by atoms with Crippen LogP contribution >= 0.6 is 11.3 Å². The van der Waals surface area contributed by atoms with Gasteiger partial charge in [0.05, 0.1) is 10.7 Å². The molecule has 5 nitrogen and oxygen atoms in total. The standard InChI is InChI=1S/C16H22N4OS/c1-10-8-13(18-20(10)4)16(21)19(3)9-12-6-5-7-14-15(12)17-11(2)22-14/h8,12H,5-7,9H2,1-4H3. The highest BCUT2D eigenvalue weighted by Crippen LogP contribution is 2.35. The number of carbonyl (C=O) groups excluding carboxylic acids is 1. The predicted octanol–water partition coefficient (Wildman–Crippen LogP) is 2.69. The first-order valence-electron chi connectivity index (χ1n) is 7.68. The van der Waals surface area contributed by atoms with Crippen molar-refractivity contribution < 1.29 is 4.79 Å². The van der Waals surface area contributed by atoms with E-state index < -0.39 is 0 Å². The molecule has 0 fully saturated rings. The van der Waals surface area contributed by atoms with Gasteiger partial charge in [-0.05, 0) is 39.2 Å². The number of carbonyl (C=O) groups is 1. The molecule has 2 aromatic heterocycles. The molecule has 2 heterocycles. The van der Waals surface area contributed by atoms with E-state index in [9.17, 15) is 4.79 Å². The Bertz CT molecular complexity index is 684. The molecule has 0 bridgehead atoms. The van der Waals surface area contributed by atoms with E-state index in [1.54, 1.807) is 20.9 Å². The molecule has 1 aliphatic carbocycles. The van der Waals surface area contributed by atoms with Crippen LogP contribution in [0.1, 0.15) is 50.5 Å². The number of amides is 1. The monoisotopic (exact) mass is 318 g/mol. The minimum atomic E-state index is -0.0113. The number of nitrogens with zero attached hydrogens (tertiary/aromatic N) is 4. The molecular formula is C16H22N4OS. The number of aromatic nitrogens is 3. The van der Waals surface area contributed by atoms with Crippen molar-refractivity contribution in [2.45, 2.75) is 39.0 Å². The van der Waals surface area contributed by atoms with Gasteiger partial charge in [0.15, 0.2) is 5.69 Å². The summed E-state index contributed by atoms with van der Waals surface area (Å²) in [7, 11) is 3.72. The first-order valence-corrected chi connectivity index (χ1v) is 8.49. The number of fused-ring (bicyclic) bond motifs is 1. The molecule has 3 rings (SSSR count). The van der Waals surface area contributed by atoms with Crippen LogP contribution in [0.4, 0.5) is 0 Å². The van der Waals surface area contributed by atoms with Gasteiger partial charge in [0, 0.05) is 37.1 Å². The first kappa shape index (κ1) is 15.2. The maximum atomic E-state index is 12.5. The van der Waals surface area contributed by atoms with Crippen LogP contribution in [0.15, 0.2) is 6.07 Å². The van der Waals surface area contributed by atoms with Crippen LogP contribution in [-0.2, 0) is 13.5 Å². The lowest BCUT2D eigenvalue weighted by Crippen LogP contribution is -2.32. The van der Waals surface area contributed by atoms with Crippen molar-refractivity contribution in [3.8, 4) is 0 Å². The van der Waals surface area contributed by atoms with Crippen molar-refractivity contribution in [3.63, 3.8) is 0 Å². The van der Waals surface area contributed by atoms with Gasteiger partial charge in [-0.15, -0.1) is 11.3 Å². The van der Waals surface area contributed by atoms with E-state index in [1.165, 1.54) is 17.0 Å². The van der Waals surface area contributed by atoms with E-state index in [2.05, 4.69) is 12.0 Å². The van der Waals surface area contributed by atoms with Crippen LogP contribution in [0.5, 0.6) is 0 Å². The minimum absolute atomic E-state index is 0.0113. The summed E-state index contributed by atoms with van der Waals surface area (Å²) in [6.45, 7) is 4.73. The van der Waals surface area contributed by atoms with Gasteiger partial charge in [0.1, 0.15) is 0 Å². The highest BCUT2D eigenvalue weighted by Gasteiger charge is 2.27. The molecule has 0 N–H and O–H groups in total. The molecule has 0 aliphatic heterocycles. The average Bonchev–Trinajstić information content (AvgIpc) is 3.01. The molecule has 118 valence electrons. The molecule has 0 saturated carbocycles. The van der Waals surface area contributed by atoms with Crippen molar-refractivity contribution in [1.82, 2.24) is 19.7 Å². The maximum absolute atomic E-state index is 12.5. The number of thiazole rings is 1. The van der Waals surface area contributed by atoms with E-state index in [0.717, 1.165) is 23.5 Å². The summed E-state index contributed by atoms with van der Waals surface area (Å²) in [6.07, 6.45) is 3.42. The Morgan fingerprint density at radius 3 is 2.95 bits per heavy atom. The zero-order chi connectivity index (χ0) is 15.9. The third kappa shape index (κ3) is 2.79. The lowest BCUT2D eigenvalue weighted by molar-refractivity contribution is 0.0776. The van der Waals surface area contributed by atoms with Gasteiger partial charge in [-0.25, -0.2) is 4.98 Å². The Hall–Kier alpha value is -1.69. The second-order valence-corrected chi connectivity index (χ2v) is 7.40. The molecular weight excluding hydrogens is 296 g/mol. The van der Waals surface area contributed by atoms with Gasteiger partial charge in [0.25, 0.3) is 5.91 Å². The second-order valence-electron chi connectivity index (χ2n) is 6.11. The molecule has 2 aromatic rings. The van der Waals surface area contributed by atoms with Crippen LogP contribution in [0.25, 0.3) is 0 Å². The third-order valence-electron chi connectivity index (χ3n) is 4.35. The van der Waals surface area contributed by atoms with Crippen LogP contribution < -0.4 is 0 Å². The summed E-state index contributed by atoms with van der Waals surface area (Å²) < 4.78 is 1.74. The number of hydrogen-bond acceptors (Lipinski definition) is 4. The van der Waals surface area contributed by atoms with Crippen molar-refractivity contribution in [1.29, 1.82) is 0 Å². The Morgan fingerprint density at radius 1 is 1.50 bits per heavy atom. The fourth-order valence-corrected chi connectivity index (χ4v) is 4.14. The van der Waals surface area contributed by atoms with E-state index in [0.29, 0.717) is 18.2 Å². The molecule has 1 amide bonds. The maximum Gasteiger partial charge on any atom is 0.274 e. The van der Waals surface area contributed by atoms with Gasteiger partial charge in [0.2, 0.25) is 0 Å². The summed E-state index contributed by atoms with van der Waals surface area (Å²) >= 11 is 1.80. The molecule has 1 unspecified atom stereocenters. The van der Waals surface area contributed by atoms with Crippen LogP contribution in [0, 0.1) is 13.8 Å². The first-order chi connectivity index (χ1) is 10.5. The van der Waals surface area contributed by atoms with Crippen molar-refractivity contribution in [3.05, 3.63) is 33.0 Å². The van der Waals surface area contributed by atoms with Gasteiger partial charge in [-0.3, -0.25) is 9.48 Å². The average molecular weight is 318 g/mol. The third-order valence-corrected chi connectivity index (χ3v) is 5.40. The topological polar surface area (TPSA) is 51.0 Å². The van der Waals surface area contributed by atoms with Crippen LogP contribution in [0.2, 0.25) is 0 Å². The smallest absolute Gasteiger partial charge is 0.274 e. The zero-order valence-corrected chi connectivity index (χ0v) is 14.4. The summed E-state index contributed by atoms with van der Waals surface area (Å²) in [5.41, 5.74) is 2.73. The molecule has 1 atom stereocenters. The molecule has 0 radical (unpaired) electrons. The summed E-state index contributed by atoms with van der Waals surface area (Å²) in [5.74, 6) is 0.343. The Balaban J connectivity index is 1.74. The van der Waals surface area contributed by atoms with Gasteiger partial charge in [-0.2, -0.15) is 5.10 Å². The van der Waals surface area contributed by atoms with Gasteiger partial charge in [-0.1, -0.05) is 0 Å². The highest BCUT2D eigenvalue weighted by atomic mass is 32.1. The number of aryl methyl sites for hydroxylation is 4. The SMILES string of the molecule is Cc1nc2c(s1)CCCC2CN(C)C(=O)c1cc(C)n(C)n1. The summed E-state index contributed by atoms with van der Waals surface area (Å²) in [4.78, 5) is 20.4. The largest absolute Gasteiger partial charge is 0.340 e. The molecule has 1 aliphatic rings. The van der Waals surface area contributed by atoms with Crippen LogP contribution in [0.3, 0.4) is 0 Å². The number of likely N-dealkylation sites (N-methyl/N-ethyl adjacent to an activating group) is 1. The molecule has 0 aromatic carbocycles. The number of rotatable bonds is 3. The van der Waals surface area contributed by atoms with Gasteiger partial charge >= 0.3 is 0 Å². The minimum Gasteiger partial charge on any atom is -0.340 e. The van der Waals surface area contributed by atoms with Crippen LogP contribution in [-0.4, -0.2) is 39.2 Å². The lowest BCUT2D eigenvalue weighted by atomic mass is 9.90. The highest BCUT2D eigenvalue weighted by molar-refractivity contribution is 7.11. The fraction of sp³-hybridized carbons (Fsp3) is 0.562. The van der Waals surface area contributed by atoms with Gasteiger partial charge < -0.3 is 4.90 Å². The van der Waals surface area contributed by atoms with Crippen molar-refractivity contribution in [2.24, 2.45) is 7.05 Å². The quantitative estimate of drug-likeness (QED) is 0.874. The Morgan fingerprint density at radius 2 is 2.27 bits per heavy atom. The predicted molar refractivity (Wildman–Crippen MR) is 87.4 cm³/mol. The molecule has 6 heteroatoms. The van der Waals surface area contributed by atoms with Crippen molar-refractivity contribution in [2.75, 3.05) is 13.6 Å². The van der Waals surface area contributed by atoms with E-state index in [1.807, 2.05) is 27.1 Å². The van der Waals surface area contributed by atoms with E-state index in [4.69, 9.17) is 4.98 Å². The summed E-state index contributed by atoms with van der Waals surface area (Å²) in [5, 5.41) is 5.42. The molecule has 0 saturated heterocycles. The normalized spacial score (nSPS) is 17.4. The Kier molecular flexibility index (Phi) is 4.04. The Labute approximate surface area is 135 Å². The van der Waals surface area contributed by atoms with E-state index in [-0.39, 0.29) is 5.91 Å². The number of hydrogen-bond donors (Lipinski definition) is 0. The van der Waals surface area contributed by atoms with E-state index >= 15 is 0 Å². The van der Waals surface area contributed by atoms with Crippen molar-refractivity contribution >= 4 is 17.2 Å². The zero-order valence-electron chi connectivity index (χ0n) is 13.6. The molecule has 0 spiro atoms. The fourth-order valence-electron chi connectivity index (χ4n) is 3.08. The second kappa shape index (κ2) is 5.83. The molecule has 22 heavy (non-hydrogen) atoms.